The number of carbonyl (C=O) groups is 2. The number of hydrogen-bond donors (Lipinski definition) is 2. The van der Waals surface area contributed by atoms with Gasteiger partial charge in [-0.2, -0.15) is 5.26 Å². The summed E-state index contributed by atoms with van der Waals surface area (Å²) in [5, 5.41) is 13.2. The van der Waals surface area contributed by atoms with E-state index in [1.807, 2.05) is 21.0 Å². The summed E-state index contributed by atoms with van der Waals surface area (Å²) in [6.45, 7) is 8.60. The fraction of sp³-hybridized carbons (Fsp3) is 0.720. The van der Waals surface area contributed by atoms with E-state index in [1.165, 1.54) is 21.1 Å². The Morgan fingerprint density at radius 3 is 2.65 bits per heavy atom. The van der Waals surface area contributed by atoms with Gasteiger partial charge in [-0.3, -0.25) is 9.69 Å². The van der Waals surface area contributed by atoms with Crippen molar-refractivity contribution < 1.29 is 9.59 Å². The Kier molecular flexibility index (Phi) is 8.27. The van der Waals surface area contributed by atoms with Crippen LogP contribution in [-0.2, 0) is 17.6 Å². The third-order valence-corrected chi connectivity index (χ3v) is 8.15. The fourth-order valence-electron chi connectivity index (χ4n) is 5.73. The monoisotopic (exact) mass is 488 g/mol. The molecule has 1 aromatic heterocycles. The van der Waals surface area contributed by atoms with Crippen LogP contribution in [0.3, 0.4) is 0 Å². The van der Waals surface area contributed by atoms with E-state index in [1.54, 1.807) is 0 Å². The predicted molar refractivity (Wildman–Crippen MR) is 137 cm³/mol. The van der Waals surface area contributed by atoms with E-state index >= 15 is 0 Å². The highest BCUT2D eigenvalue weighted by Crippen LogP contribution is 2.43. The summed E-state index contributed by atoms with van der Waals surface area (Å²) < 4.78 is 0. The Hall–Kier alpha value is -2.15. The van der Waals surface area contributed by atoms with Crippen LogP contribution in [0, 0.1) is 28.6 Å². The molecule has 9 heteroatoms. The Morgan fingerprint density at radius 2 is 2.03 bits per heavy atom. The Bertz CT molecular complexity index is 950. The Labute approximate surface area is 208 Å². The molecule has 2 heterocycles. The second-order valence-corrected chi connectivity index (χ2v) is 12.2. The first-order chi connectivity index (χ1) is 16.0. The number of nitrogens with one attached hydrogen (secondary N) is 1. The number of piperidine rings is 1. The summed E-state index contributed by atoms with van der Waals surface area (Å²) in [7, 11) is 6.10. The molecule has 3 N–H and O–H groups in total. The molecule has 188 valence electrons. The Balaban J connectivity index is 1.71. The van der Waals surface area contributed by atoms with Gasteiger partial charge in [0, 0.05) is 37.1 Å². The molecule has 0 bridgehead atoms. The zero-order valence-corrected chi connectivity index (χ0v) is 22.3. The lowest BCUT2D eigenvalue weighted by atomic mass is 9.74. The van der Waals surface area contributed by atoms with Crippen LogP contribution < -0.4 is 11.1 Å². The number of amides is 3. The van der Waals surface area contributed by atoms with Gasteiger partial charge in [-0.05, 0) is 63.7 Å². The smallest absolute Gasteiger partial charge is 0.324 e. The van der Waals surface area contributed by atoms with Gasteiger partial charge in [0.1, 0.15) is 11.1 Å². The van der Waals surface area contributed by atoms with Crippen LogP contribution in [0.25, 0.3) is 0 Å². The number of urea groups is 1. The molecule has 0 saturated carbocycles. The second-order valence-electron chi connectivity index (χ2n) is 11.0. The maximum atomic E-state index is 13.6. The van der Waals surface area contributed by atoms with E-state index < -0.39 is 0 Å². The number of fused-ring (bicyclic) bond motifs is 2. The summed E-state index contributed by atoms with van der Waals surface area (Å²) in [5.41, 5.74) is 7.68. The molecule has 3 amide bonds. The van der Waals surface area contributed by atoms with Gasteiger partial charge < -0.3 is 20.9 Å². The number of nitrogens with two attached hydrogens (primary N) is 1. The normalized spacial score (nSPS) is 22.6. The molecule has 34 heavy (non-hydrogen) atoms. The van der Waals surface area contributed by atoms with Crippen molar-refractivity contribution in [1.29, 1.82) is 5.26 Å². The molecule has 1 aromatic rings. The van der Waals surface area contributed by atoms with E-state index in [-0.39, 0.29) is 29.2 Å². The average molecular weight is 489 g/mol. The van der Waals surface area contributed by atoms with Crippen LogP contribution in [0.5, 0.6) is 0 Å². The van der Waals surface area contributed by atoms with Crippen molar-refractivity contribution in [2.24, 2.45) is 17.3 Å². The minimum atomic E-state index is -0.299. The SMILES string of the molecule is CCCN(C(=O)NCC(C)(C)CN(C)C)C(=O)[C@@H]1C[C@@H]2Cc3c(sc(N)c3C#N)C[C@H]2N(C)C1. The van der Waals surface area contributed by atoms with Gasteiger partial charge >= 0.3 is 6.03 Å². The molecule has 3 rings (SSSR count). The van der Waals surface area contributed by atoms with Crippen molar-refractivity contribution in [3.05, 3.63) is 16.0 Å². The van der Waals surface area contributed by atoms with Crippen LogP contribution in [0.4, 0.5) is 9.80 Å². The molecule has 0 spiro atoms. The summed E-state index contributed by atoms with van der Waals surface area (Å²) in [4.78, 5) is 33.7. The first-order valence-corrected chi connectivity index (χ1v) is 13.0. The molecular formula is C25H40N6O2S. The third kappa shape index (κ3) is 5.73. The van der Waals surface area contributed by atoms with Crippen molar-refractivity contribution in [1.82, 2.24) is 20.0 Å². The van der Waals surface area contributed by atoms with Crippen molar-refractivity contribution in [3.8, 4) is 6.07 Å². The molecule has 8 nitrogen and oxygen atoms in total. The molecule has 3 atom stereocenters. The van der Waals surface area contributed by atoms with Crippen LogP contribution in [0.1, 0.15) is 49.6 Å². The number of hydrogen-bond acceptors (Lipinski definition) is 7. The zero-order chi connectivity index (χ0) is 25.2. The van der Waals surface area contributed by atoms with Crippen molar-refractivity contribution in [2.45, 2.75) is 52.5 Å². The quantitative estimate of drug-likeness (QED) is 0.611. The van der Waals surface area contributed by atoms with Gasteiger partial charge in [0.2, 0.25) is 5.91 Å². The largest absolute Gasteiger partial charge is 0.389 e. The standard InChI is InChI=1S/C25H40N6O2S/c1-7-8-31(24(33)28-14-25(2,3)15-29(4)5)23(32)17-9-16-10-18-19(12-26)22(27)34-21(18)11-20(16)30(6)13-17/h16-17,20H,7-11,13-15,27H2,1-6H3,(H,28,33)/t16-,17-,20-/m1/s1. The highest BCUT2D eigenvalue weighted by molar-refractivity contribution is 7.16. The number of likely N-dealkylation sites (tertiary alicyclic amines) is 1. The Morgan fingerprint density at radius 1 is 1.32 bits per heavy atom. The minimum Gasteiger partial charge on any atom is -0.389 e. The van der Waals surface area contributed by atoms with Gasteiger partial charge in [0.05, 0.1) is 11.5 Å². The van der Waals surface area contributed by atoms with Gasteiger partial charge in [-0.1, -0.05) is 20.8 Å². The fourth-order valence-corrected chi connectivity index (χ4v) is 6.83. The molecule has 1 fully saturated rings. The van der Waals surface area contributed by atoms with E-state index in [2.05, 4.69) is 42.1 Å². The minimum absolute atomic E-state index is 0.0915. The number of nitrogen functional groups attached to an aromatic ring is 1. The second kappa shape index (κ2) is 10.6. The number of carbonyl (C=O) groups excluding carboxylic acids is 2. The molecule has 1 aliphatic heterocycles. The first kappa shape index (κ1) is 26.5. The maximum absolute atomic E-state index is 13.6. The van der Waals surface area contributed by atoms with Crippen molar-refractivity contribution in [2.75, 3.05) is 53.1 Å². The number of nitriles is 1. The lowest BCUT2D eigenvalue weighted by Crippen LogP contribution is -2.56. The number of rotatable bonds is 7. The van der Waals surface area contributed by atoms with Crippen LogP contribution in [-0.4, -0.2) is 80.0 Å². The average Bonchev–Trinajstić information content (AvgIpc) is 3.07. The highest BCUT2D eigenvalue weighted by atomic mass is 32.1. The summed E-state index contributed by atoms with van der Waals surface area (Å²) in [6.07, 6.45) is 3.09. The topological polar surface area (TPSA) is 106 Å². The molecule has 0 aromatic carbocycles. The number of imide groups is 1. The summed E-state index contributed by atoms with van der Waals surface area (Å²) >= 11 is 1.53. The van der Waals surface area contributed by atoms with Crippen molar-refractivity contribution in [3.63, 3.8) is 0 Å². The first-order valence-electron chi connectivity index (χ1n) is 12.2. The van der Waals surface area contributed by atoms with Gasteiger partial charge in [-0.15, -0.1) is 11.3 Å². The molecular weight excluding hydrogens is 448 g/mol. The van der Waals surface area contributed by atoms with Gasteiger partial charge in [0.25, 0.3) is 0 Å². The number of nitrogens with zero attached hydrogens (tertiary/aromatic N) is 4. The van der Waals surface area contributed by atoms with Crippen LogP contribution in [0.15, 0.2) is 0 Å². The lowest BCUT2D eigenvalue weighted by molar-refractivity contribution is -0.136. The van der Waals surface area contributed by atoms with E-state index in [0.717, 1.165) is 37.8 Å². The van der Waals surface area contributed by atoms with E-state index in [4.69, 9.17) is 5.73 Å². The van der Waals surface area contributed by atoms with Crippen molar-refractivity contribution >= 4 is 28.3 Å². The predicted octanol–water partition coefficient (Wildman–Crippen LogP) is 2.77. The number of likely N-dealkylation sites (N-methyl/N-ethyl adjacent to an activating group) is 1. The van der Waals surface area contributed by atoms with E-state index in [9.17, 15) is 14.9 Å². The molecule has 1 saturated heterocycles. The molecule has 2 aliphatic rings. The maximum Gasteiger partial charge on any atom is 0.324 e. The molecule has 0 unspecified atom stereocenters. The lowest BCUT2D eigenvalue weighted by Gasteiger charge is -2.45. The van der Waals surface area contributed by atoms with Crippen LogP contribution in [0.2, 0.25) is 0 Å². The van der Waals surface area contributed by atoms with Gasteiger partial charge in [-0.25, -0.2) is 4.79 Å². The van der Waals surface area contributed by atoms with E-state index in [0.29, 0.717) is 36.2 Å². The summed E-state index contributed by atoms with van der Waals surface area (Å²) in [6, 6.07) is 2.31. The highest BCUT2D eigenvalue weighted by Gasteiger charge is 2.43. The number of thiophene rings is 1. The third-order valence-electron chi connectivity index (χ3n) is 7.07. The van der Waals surface area contributed by atoms with Gasteiger partial charge in [0.15, 0.2) is 0 Å². The number of anilines is 1. The summed E-state index contributed by atoms with van der Waals surface area (Å²) in [5.74, 6) is -0.0560. The molecule has 0 radical (unpaired) electrons. The zero-order valence-electron chi connectivity index (χ0n) is 21.5. The molecule has 1 aliphatic carbocycles. The van der Waals surface area contributed by atoms with Crippen LogP contribution >= 0.6 is 11.3 Å².